The van der Waals surface area contributed by atoms with E-state index in [-0.39, 0.29) is 12.5 Å². The normalized spacial score (nSPS) is 10.9. The summed E-state index contributed by atoms with van der Waals surface area (Å²) in [5.41, 5.74) is 3.96. The maximum atomic E-state index is 13.3. The molecule has 0 atom stereocenters. The average molecular weight is 580 g/mol. The van der Waals surface area contributed by atoms with E-state index < -0.39 is 6.03 Å². The summed E-state index contributed by atoms with van der Waals surface area (Å²) in [5.74, 6) is 1.56. The van der Waals surface area contributed by atoms with Gasteiger partial charge >= 0.3 is 6.03 Å². The number of benzene rings is 2. The van der Waals surface area contributed by atoms with Gasteiger partial charge in [0.05, 0.1) is 22.6 Å². The standard InChI is InChI=1S/C32H33N7O4/c1-4-5-7-22-18-29(39(38-22)23-11-9-21(2)10-12-23)37-32(41)35-26-13-14-27(25-8-6-16-34-31(25)26)43-24-15-17-33-28(19-24)36-30(40)20-42-3/h6,8-19H,4-5,7,20H2,1-3H3,(H,33,36,40)(H2,35,37,41). The zero-order chi connectivity index (χ0) is 30.2. The number of unbranched alkanes of at least 4 members (excludes halogenated alkanes) is 1. The van der Waals surface area contributed by atoms with Crippen molar-refractivity contribution in [2.24, 2.45) is 0 Å². The highest BCUT2D eigenvalue weighted by Crippen LogP contribution is 2.34. The van der Waals surface area contributed by atoms with Crippen LogP contribution in [0, 0.1) is 6.92 Å². The maximum Gasteiger partial charge on any atom is 0.324 e. The Morgan fingerprint density at radius 2 is 1.77 bits per heavy atom. The van der Waals surface area contributed by atoms with E-state index in [2.05, 4.69) is 32.8 Å². The summed E-state index contributed by atoms with van der Waals surface area (Å²) in [5, 5.41) is 14.0. The number of methoxy groups -OCH3 is 1. The number of aromatic nitrogens is 4. The van der Waals surface area contributed by atoms with Crippen LogP contribution in [-0.2, 0) is 16.0 Å². The molecule has 220 valence electrons. The zero-order valence-electron chi connectivity index (χ0n) is 24.3. The second-order valence-corrected chi connectivity index (χ2v) is 9.92. The molecule has 0 radical (unpaired) electrons. The third-order valence-corrected chi connectivity index (χ3v) is 6.55. The molecule has 5 aromatic rings. The predicted molar refractivity (Wildman–Crippen MR) is 166 cm³/mol. The van der Waals surface area contributed by atoms with Gasteiger partial charge in [0.2, 0.25) is 0 Å². The van der Waals surface area contributed by atoms with Gasteiger partial charge in [0.15, 0.2) is 0 Å². The molecule has 3 heterocycles. The number of fused-ring (bicyclic) bond motifs is 1. The van der Waals surface area contributed by atoms with E-state index in [0.29, 0.717) is 39.7 Å². The Balaban J connectivity index is 1.36. The van der Waals surface area contributed by atoms with Crippen LogP contribution in [0.3, 0.4) is 0 Å². The minimum Gasteiger partial charge on any atom is -0.456 e. The van der Waals surface area contributed by atoms with Crippen molar-refractivity contribution in [1.82, 2.24) is 19.7 Å². The molecule has 0 saturated heterocycles. The van der Waals surface area contributed by atoms with E-state index in [0.717, 1.165) is 36.2 Å². The van der Waals surface area contributed by atoms with E-state index in [4.69, 9.17) is 14.6 Å². The van der Waals surface area contributed by atoms with Crippen molar-refractivity contribution in [3.63, 3.8) is 0 Å². The van der Waals surface area contributed by atoms with Gasteiger partial charge in [-0.25, -0.2) is 14.5 Å². The Kier molecular flexibility index (Phi) is 9.23. The fourth-order valence-corrected chi connectivity index (χ4v) is 4.47. The highest BCUT2D eigenvalue weighted by Gasteiger charge is 2.16. The second kappa shape index (κ2) is 13.6. The SMILES string of the molecule is CCCCc1cc(NC(=O)Nc2ccc(Oc3ccnc(NC(=O)COC)c3)c3cccnc23)n(-c2ccc(C)cc2)n1. The Labute approximate surface area is 249 Å². The maximum absolute atomic E-state index is 13.3. The molecule has 3 N–H and O–H groups in total. The topological polar surface area (TPSA) is 132 Å². The second-order valence-electron chi connectivity index (χ2n) is 9.92. The van der Waals surface area contributed by atoms with Gasteiger partial charge in [0.1, 0.15) is 29.7 Å². The van der Waals surface area contributed by atoms with Crippen LogP contribution in [0.1, 0.15) is 31.0 Å². The number of urea groups is 1. The third-order valence-electron chi connectivity index (χ3n) is 6.55. The van der Waals surface area contributed by atoms with Gasteiger partial charge in [-0.2, -0.15) is 5.10 Å². The van der Waals surface area contributed by atoms with Crippen LogP contribution in [0.25, 0.3) is 16.6 Å². The molecule has 0 unspecified atom stereocenters. The average Bonchev–Trinajstić information content (AvgIpc) is 3.40. The number of amides is 3. The molecule has 11 heteroatoms. The first kappa shape index (κ1) is 29.2. The predicted octanol–water partition coefficient (Wildman–Crippen LogP) is 6.49. The molecule has 0 aliphatic heterocycles. The number of pyridine rings is 2. The molecule has 11 nitrogen and oxygen atoms in total. The van der Waals surface area contributed by atoms with E-state index >= 15 is 0 Å². The quantitative estimate of drug-likeness (QED) is 0.163. The minimum absolute atomic E-state index is 0.0839. The van der Waals surface area contributed by atoms with Gasteiger partial charge in [-0.3, -0.25) is 15.1 Å². The van der Waals surface area contributed by atoms with E-state index in [1.165, 1.54) is 13.3 Å². The summed E-state index contributed by atoms with van der Waals surface area (Å²) >= 11 is 0. The van der Waals surface area contributed by atoms with Crippen LogP contribution in [0.15, 0.2) is 79.1 Å². The first-order valence-corrected chi connectivity index (χ1v) is 14.0. The molecule has 0 aliphatic rings. The van der Waals surface area contributed by atoms with E-state index in [1.54, 1.807) is 41.2 Å². The van der Waals surface area contributed by atoms with Crippen LogP contribution >= 0.6 is 0 Å². The number of hydrogen-bond donors (Lipinski definition) is 3. The molecular weight excluding hydrogens is 546 g/mol. The molecule has 2 aromatic carbocycles. The molecule has 43 heavy (non-hydrogen) atoms. The van der Waals surface area contributed by atoms with Gasteiger partial charge in [0.25, 0.3) is 5.91 Å². The molecular formula is C32H33N7O4. The molecule has 0 fully saturated rings. The number of carbonyl (C=O) groups is 2. The van der Waals surface area contributed by atoms with Crippen molar-refractivity contribution in [3.05, 3.63) is 90.4 Å². The highest BCUT2D eigenvalue weighted by atomic mass is 16.5. The first-order chi connectivity index (χ1) is 20.9. The Morgan fingerprint density at radius 1 is 0.930 bits per heavy atom. The summed E-state index contributed by atoms with van der Waals surface area (Å²) in [7, 11) is 1.44. The van der Waals surface area contributed by atoms with Crippen LogP contribution in [-0.4, -0.2) is 45.4 Å². The zero-order valence-corrected chi connectivity index (χ0v) is 24.3. The number of anilines is 3. The van der Waals surface area contributed by atoms with Crippen LogP contribution in [0.2, 0.25) is 0 Å². The molecule has 0 bridgehead atoms. The van der Waals surface area contributed by atoms with Crippen molar-refractivity contribution in [1.29, 1.82) is 0 Å². The minimum atomic E-state index is -0.429. The summed E-state index contributed by atoms with van der Waals surface area (Å²) in [6, 6.07) is 19.9. The van der Waals surface area contributed by atoms with Crippen LogP contribution < -0.4 is 20.7 Å². The monoisotopic (exact) mass is 579 g/mol. The lowest BCUT2D eigenvalue weighted by atomic mass is 10.1. The summed E-state index contributed by atoms with van der Waals surface area (Å²) in [6.07, 6.45) is 6.06. The van der Waals surface area contributed by atoms with Gasteiger partial charge in [0, 0.05) is 37.0 Å². The summed E-state index contributed by atoms with van der Waals surface area (Å²) in [4.78, 5) is 33.8. The van der Waals surface area contributed by atoms with Crippen LogP contribution in [0.5, 0.6) is 11.5 Å². The number of aryl methyl sites for hydroxylation is 2. The van der Waals surface area contributed by atoms with Gasteiger partial charge < -0.3 is 20.1 Å². The highest BCUT2D eigenvalue weighted by molar-refractivity contribution is 6.06. The van der Waals surface area contributed by atoms with Gasteiger partial charge in [-0.1, -0.05) is 31.0 Å². The molecule has 3 amide bonds. The third kappa shape index (κ3) is 7.32. The van der Waals surface area contributed by atoms with Crippen molar-refractivity contribution in [2.75, 3.05) is 29.7 Å². The van der Waals surface area contributed by atoms with Gasteiger partial charge in [-0.05, 0) is 62.2 Å². The largest absolute Gasteiger partial charge is 0.456 e. The number of nitrogens with zero attached hydrogens (tertiary/aromatic N) is 4. The lowest BCUT2D eigenvalue weighted by Crippen LogP contribution is -2.21. The van der Waals surface area contributed by atoms with E-state index in [9.17, 15) is 9.59 Å². The molecule has 0 saturated carbocycles. The van der Waals surface area contributed by atoms with Crippen LogP contribution in [0.4, 0.5) is 22.1 Å². The smallest absolute Gasteiger partial charge is 0.324 e. The number of ether oxygens (including phenoxy) is 2. The van der Waals surface area contributed by atoms with Crippen molar-refractivity contribution in [2.45, 2.75) is 33.1 Å². The molecule has 5 rings (SSSR count). The Morgan fingerprint density at radius 3 is 2.56 bits per heavy atom. The van der Waals surface area contributed by atoms with Crippen molar-refractivity contribution in [3.8, 4) is 17.2 Å². The van der Waals surface area contributed by atoms with E-state index in [1.807, 2.05) is 43.3 Å². The number of carbonyl (C=O) groups excluding carboxylic acids is 2. The summed E-state index contributed by atoms with van der Waals surface area (Å²) in [6.45, 7) is 4.08. The van der Waals surface area contributed by atoms with Crippen molar-refractivity contribution >= 4 is 40.2 Å². The molecule has 0 spiro atoms. The molecule has 3 aromatic heterocycles. The molecule has 0 aliphatic carbocycles. The van der Waals surface area contributed by atoms with Gasteiger partial charge in [-0.15, -0.1) is 0 Å². The number of hydrogen-bond acceptors (Lipinski definition) is 7. The fraction of sp³-hybridized carbons (Fsp3) is 0.219. The summed E-state index contributed by atoms with van der Waals surface area (Å²) < 4.78 is 12.7. The lowest BCUT2D eigenvalue weighted by Gasteiger charge is -2.14. The lowest BCUT2D eigenvalue weighted by molar-refractivity contribution is -0.119. The number of nitrogens with one attached hydrogen (secondary N) is 3. The number of rotatable bonds is 11. The first-order valence-electron chi connectivity index (χ1n) is 14.0. The fourth-order valence-electron chi connectivity index (χ4n) is 4.47. The Bertz CT molecular complexity index is 1730. The van der Waals surface area contributed by atoms with Crippen molar-refractivity contribution < 1.29 is 19.1 Å². The Hall–Kier alpha value is -5.29.